The van der Waals surface area contributed by atoms with Gasteiger partial charge in [0.1, 0.15) is 11.3 Å². The molecule has 0 aliphatic rings. The summed E-state index contributed by atoms with van der Waals surface area (Å²) in [6.45, 7) is 1.39. The van der Waals surface area contributed by atoms with Gasteiger partial charge in [-0.25, -0.2) is 9.78 Å². The molecule has 0 spiro atoms. The standard InChI is InChI=1S/C15H12Cl2N2O4/c1-8(23-15(22)10-4-2-3-5-12(10)20)14(21)19-13-11(17)6-9(16)7-18-13/h2-8,20H,1H3,(H,18,19,21)/t8-/m1/s1. The van der Waals surface area contributed by atoms with E-state index in [2.05, 4.69) is 10.3 Å². The predicted molar refractivity (Wildman–Crippen MR) is 85.9 cm³/mol. The largest absolute Gasteiger partial charge is 0.507 e. The van der Waals surface area contributed by atoms with Crippen LogP contribution in [-0.2, 0) is 9.53 Å². The van der Waals surface area contributed by atoms with Gasteiger partial charge in [0, 0.05) is 6.20 Å². The van der Waals surface area contributed by atoms with Crippen molar-refractivity contribution in [1.29, 1.82) is 0 Å². The molecule has 6 nitrogen and oxygen atoms in total. The van der Waals surface area contributed by atoms with Gasteiger partial charge in [0.2, 0.25) is 0 Å². The minimum Gasteiger partial charge on any atom is -0.507 e. The molecule has 23 heavy (non-hydrogen) atoms. The Balaban J connectivity index is 2.03. The van der Waals surface area contributed by atoms with Gasteiger partial charge in [-0.3, -0.25) is 4.79 Å². The number of carbonyl (C=O) groups excluding carboxylic acids is 2. The number of esters is 1. The van der Waals surface area contributed by atoms with Gasteiger partial charge < -0.3 is 15.2 Å². The van der Waals surface area contributed by atoms with E-state index in [1.807, 2.05) is 0 Å². The van der Waals surface area contributed by atoms with Crippen LogP contribution >= 0.6 is 23.2 Å². The maximum atomic E-state index is 12.0. The minimum atomic E-state index is -1.12. The fourth-order valence-corrected chi connectivity index (χ4v) is 2.08. The summed E-state index contributed by atoms with van der Waals surface area (Å²) in [5.74, 6) is -1.56. The molecular formula is C15H12Cl2N2O4. The normalized spacial score (nSPS) is 11.6. The van der Waals surface area contributed by atoms with Crippen LogP contribution in [0.1, 0.15) is 17.3 Å². The lowest BCUT2D eigenvalue weighted by Gasteiger charge is -2.14. The second-order valence-electron chi connectivity index (χ2n) is 4.54. The van der Waals surface area contributed by atoms with Gasteiger partial charge in [-0.05, 0) is 25.1 Å². The number of anilines is 1. The van der Waals surface area contributed by atoms with Crippen molar-refractivity contribution in [3.8, 4) is 5.75 Å². The summed E-state index contributed by atoms with van der Waals surface area (Å²) in [6, 6.07) is 7.29. The third-order valence-electron chi connectivity index (χ3n) is 2.83. The van der Waals surface area contributed by atoms with E-state index in [9.17, 15) is 14.7 Å². The van der Waals surface area contributed by atoms with E-state index in [-0.39, 0.29) is 22.2 Å². The molecule has 1 aromatic heterocycles. The minimum absolute atomic E-state index is 0.0326. The average molecular weight is 355 g/mol. The van der Waals surface area contributed by atoms with E-state index >= 15 is 0 Å². The maximum Gasteiger partial charge on any atom is 0.342 e. The molecule has 0 unspecified atom stereocenters. The van der Waals surface area contributed by atoms with E-state index in [4.69, 9.17) is 27.9 Å². The Morgan fingerprint density at radius 1 is 1.30 bits per heavy atom. The number of phenolic OH excluding ortho intramolecular Hbond substituents is 1. The number of pyridine rings is 1. The molecule has 0 aliphatic heterocycles. The summed E-state index contributed by atoms with van der Waals surface area (Å²) in [4.78, 5) is 27.8. The topological polar surface area (TPSA) is 88.5 Å². The van der Waals surface area contributed by atoms with Crippen molar-refractivity contribution in [2.24, 2.45) is 0 Å². The Morgan fingerprint density at radius 2 is 2.00 bits per heavy atom. The molecule has 1 amide bonds. The Bertz CT molecular complexity index is 752. The average Bonchev–Trinajstić information content (AvgIpc) is 2.50. The molecule has 0 saturated carbocycles. The van der Waals surface area contributed by atoms with E-state index < -0.39 is 18.0 Å². The lowest BCUT2D eigenvalue weighted by atomic mass is 10.2. The molecule has 2 aromatic rings. The third-order valence-corrected chi connectivity index (χ3v) is 3.32. The lowest BCUT2D eigenvalue weighted by Crippen LogP contribution is -2.30. The molecule has 0 bridgehead atoms. The molecule has 2 N–H and O–H groups in total. The molecule has 1 aromatic carbocycles. The van der Waals surface area contributed by atoms with Gasteiger partial charge in [0.15, 0.2) is 11.9 Å². The smallest absolute Gasteiger partial charge is 0.342 e. The number of rotatable bonds is 4. The van der Waals surface area contributed by atoms with Gasteiger partial charge in [0.25, 0.3) is 5.91 Å². The fraction of sp³-hybridized carbons (Fsp3) is 0.133. The number of benzene rings is 1. The Hall–Kier alpha value is -2.31. The number of aromatic nitrogens is 1. The molecule has 0 saturated heterocycles. The summed E-state index contributed by atoms with van der Waals surface area (Å²) in [5.41, 5.74) is -0.0326. The number of halogens is 2. The molecule has 0 fully saturated rings. The van der Waals surface area contributed by atoms with E-state index in [0.29, 0.717) is 5.02 Å². The maximum absolute atomic E-state index is 12.0. The number of hydrogen-bond acceptors (Lipinski definition) is 5. The van der Waals surface area contributed by atoms with Crippen LogP contribution in [0, 0.1) is 0 Å². The number of hydrogen-bond donors (Lipinski definition) is 2. The number of para-hydroxylation sites is 1. The van der Waals surface area contributed by atoms with Gasteiger partial charge in [-0.15, -0.1) is 0 Å². The van der Waals surface area contributed by atoms with Crippen LogP contribution in [0.5, 0.6) is 5.75 Å². The number of phenols is 1. The molecular weight excluding hydrogens is 343 g/mol. The summed E-state index contributed by atoms with van der Waals surface area (Å²) < 4.78 is 5.01. The second-order valence-corrected chi connectivity index (χ2v) is 5.38. The molecule has 8 heteroatoms. The molecule has 0 aliphatic carbocycles. The highest BCUT2D eigenvalue weighted by Gasteiger charge is 2.21. The Kier molecular flexibility index (Phi) is 5.41. The highest BCUT2D eigenvalue weighted by molar-refractivity contribution is 6.36. The quantitative estimate of drug-likeness (QED) is 0.822. The van der Waals surface area contributed by atoms with Crippen LogP contribution in [0.4, 0.5) is 5.82 Å². The lowest BCUT2D eigenvalue weighted by molar-refractivity contribution is -0.123. The Morgan fingerprint density at radius 3 is 2.65 bits per heavy atom. The SMILES string of the molecule is C[C@@H](OC(=O)c1ccccc1O)C(=O)Nc1ncc(Cl)cc1Cl. The first kappa shape index (κ1) is 17.1. The summed E-state index contributed by atoms with van der Waals surface area (Å²) in [5, 5.41) is 12.5. The Labute approximate surface area is 142 Å². The zero-order valence-corrected chi connectivity index (χ0v) is 13.4. The summed E-state index contributed by atoms with van der Waals surface area (Å²) in [7, 11) is 0. The van der Waals surface area contributed by atoms with Crippen molar-refractivity contribution < 1.29 is 19.4 Å². The highest BCUT2D eigenvalue weighted by Crippen LogP contribution is 2.23. The first-order valence-corrected chi connectivity index (χ1v) is 7.25. The fourth-order valence-electron chi connectivity index (χ4n) is 1.65. The third kappa shape index (κ3) is 4.34. The summed E-state index contributed by atoms with van der Waals surface area (Å²) >= 11 is 11.6. The molecule has 1 atom stereocenters. The van der Waals surface area contributed by atoms with Crippen LogP contribution < -0.4 is 5.32 Å². The van der Waals surface area contributed by atoms with Crippen molar-refractivity contribution in [3.63, 3.8) is 0 Å². The number of carbonyl (C=O) groups is 2. The van der Waals surface area contributed by atoms with Gasteiger partial charge >= 0.3 is 5.97 Å². The zero-order chi connectivity index (χ0) is 17.0. The predicted octanol–water partition coefficient (Wildman–Crippen LogP) is 3.28. The van der Waals surface area contributed by atoms with Gasteiger partial charge in [-0.2, -0.15) is 0 Å². The molecule has 2 rings (SSSR count). The van der Waals surface area contributed by atoms with Crippen LogP contribution in [-0.4, -0.2) is 28.1 Å². The van der Waals surface area contributed by atoms with Crippen molar-refractivity contribution in [1.82, 2.24) is 4.98 Å². The number of nitrogens with zero attached hydrogens (tertiary/aromatic N) is 1. The van der Waals surface area contributed by atoms with Crippen LogP contribution in [0.15, 0.2) is 36.5 Å². The zero-order valence-electron chi connectivity index (χ0n) is 11.9. The highest BCUT2D eigenvalue weighted by atomic mass is 35.5. The van der Waals surface area contributed by atoms with Crippen molar-refractivity contribution in [3.05, 3.63) is 52.1 Å². The van der Waals surface area contributed by atoms with E-state index in [1.165, 1.54) is 31.3 Å². The van der Waals surface area contributed by atoms with E-state index in [1.54, 1.807) is 12.1 Å². The van der Waals surface area contributed by atoms with Crippen LogP contribution in [0.2, 0.25) is 10.0 Å². The molecule has 120 valence electrons. The van der Waals surface area contributed by atoms with Crippen LogP contribution in [0.25, 0.3) is 0 Å². The van der Waals surface area contributed by atoms with Crippen molar-refractivity contribution in [2.45, 2.75) is 13.0 Å². The number of ether oxygens (including phenoxy) is 1. The number of nitrogens with one attached hydrogen (secondary N) is 1. The molecule has 1 heterocycles. The van der Waals surface area contributed by atoms with Crippen molar-refractivity contribution in [2.75, 3.05) is 5.32 Å². The van der Waals surface area contributed by atoms with E-state index in [0.717, 1.165) is 0 Å². The van der Waals surface area contributed by atoms with Gasteiger partial charge in [0.05, 0.1) is 10.0 Å². The monoisotopic (exact) mass is 354 g/mol. The summed E-state index contributed by atoms with van der Waals surface area (Å²) in [6.07, 6.45) is 0.206. The second kappa shape index (κ2) is 7.30. The van der Waals surface area contributed by atoms with Crippen molar-refractivity contribution >= 4 is 40.9 Å². The van der Waals surface area contributed by atoms with Crippen LogP contribution in [0.3, 0.4) is 0 Å². The van der Waals surface area contributed by atoms with Gasteiger partial charge in [-0.1, -0.05) is 35.3 Å². The first-order valence-electron chi connectivity index (χ1n) is 6.49. The number of amides is 1. The first-order chi connectivity index (χ1) is 10.9. The molecule has 0 radical (unpaired) electrons. The number of aromatic hydroxyl groups is 1.